The maximum atomic E-state index is 11.4. The number of aromatic nitrogens is 1. The fourth-order valence-electron chi connectivity index (χ4n) is 1.77. The lowest BCUT2D eigenvalue weighted by atomic mass is 10.1. The van der Waals surface area contributed by atoms with Gasteiger partial charge in [0.15, 0.2) is 0 Å². The first-order chi connectivity index (χ1) is 11.2. The van der Waals surface area contributed by atoms with E-state index in [9.17, 15) is 4.79 Å². The smallest absolute Gasteiger partial charge is 0.311 e. The van der Waals surface area contributed by atoms with Crippen molar-refractivity contribution in [1.29, 1.82) is 5.26 Å². The number of hydrazone groups is 1. The number of anilines is 1. The van der Waals surface area contributed by atoms with Gasteiger partial charge in [-0.1, -0.05) is 24.3 Å². The predicted octanol–water partition coefficient (Wildman–Crippen LogP) is 2.76. The van der Waals surface area contributed by atoms with Crippen molar-refractivity contribution in [2.75, 3.05) is 12.0 Å². The molecule has 1 aromatic heterocycles. The van der Waals surface area contributed by atoms with Crippen LogP contribution >= 0.6 is 11.3 Å². The Hall–Kier alpha value is -2.72. The molecule has 6 nitrogen and oxygen atoms in total. The van der Waals surface area contributed by atoms with E-state index in [1.54, 1.807) is 18.5 Å². The summed E-state index contributed by atoms with van der Waals surface area (Å²) in [5.41, 5.74) is 5.38. The van der Waals surface area contributed by atoms with E-state index in [4.69, 9.17) is 10.00 Å². The zero-order chi connectivity index (χ0) is 16.5. The van der Waals surface area contributed by atoms with Crippen LogP contribution in [0, 0.1) is 11.3 Å². The third kappa shape index (κ3) is 5.52. The van der Waals surface area contributed by atoms with Crippen LogP contribution in [0.2, 0.25) is 0 Å². The normalized spacial score (nSPS) is 10.4. The van der Waals surface area contributed by atoms with Gasteiger partial charge in [-0.2, -0.15) is 10.4 Å². The van der Waals surface area contributed by atoms with Crippen LogP contribution in [-0.2, 0) is 22.4 Å². The molecule has 0 saturated heterocycles. The van der Waals surface area contributed by atoms with Gasteiger partial charge in [0.2, 0.25) is 5.13 Å². The number of nitrogens with zero attached hydrogens (tertiary/aromatic N) is 3. The molecule has 0 amide bonds. The summed E-state index contributed by atoms with van der Waals surface area (Å²) in [5, 5.41) is 15.1. The fourth-order valence-corrected chi connectivity index (χ4v) is 2.43. The van der Waals surface area contributed by atoms with E-state index < -0.39 is 0 Å². The summed E-state index contributed by atoms with van der Waals surface area (Å²) in [6.07, 6.45) is 2.23. The van der Waals surface area contributed by atoms with Gasteiger partial charge in [-0.05, 0) is 18.1 Å². The molecule has 1 N–H and O–H groups in total. The second-order valence-corrected chi connectivity index (χ2v) is 5.43. The summed E-state index contributed by atoms with van der Waals surface area (Å²) >= 11 is 1.37. The van der Waals surface area contributed by atoms with Gasteiger partial charge in [-0.25, -0.2) is 4.98 Å². The largest absolute Gasteiger partial charge is 0.466 e. The highest BCUT2D eigenvalue weighted by Crippen LogP contribution is 2.16. The summed E-state index contributed by atoms with van der Waals surface area (Å²) < 4.78 is 4.88. The lowest BCUT2D eigenvalue weighted by molar-refractivity contribution is -0.142. The number of esters is 1. The molecule has 1 heterocycles. The first kappa shape index (κ1) is 16.6. The van der Waals surface area contributed by atoms with E-state index in [-0.39, 0.29) is 12.4 Å². The van der Waals surface area contributed by atoms with Crippen molar-refractivity contribution in [2.45, 2.75) is 19.8 Å². The van der Waals surface area contributed by atoms with Crippen molar-refractivity contribution < 1.29 is 9.53 Å². The summed E-state index contributed by atoms with van der Waals surface area (Å²) in [6, 6.07) is 9.68. The summed E-state index contributed by atoms with van der Waals surface area (Å²) in [7, 11) is 0. The fraction of sp³-hybridized carbons (Fsp3) is 0.250. The van der Waals surface area contributed by atoms with E-state index in [1.165, 1.54) is 11.3 Å². The number of carbonyl (C=O) groups excluding carboxylic acids is 1. The average Bonchev–Trinajstić information content (AvgIpc) is 2.97. The van der Waals surface area contributed by atoms with E-state index in [0.29, 0.717) is 23.9 Å². The Morgan fingerprint density at radius 3 is 2.96 bits per heavy atom. The van der Waals surface area contributed by atoms with Crippen molar-refractivity contribution in [1.82, 2.24) is 4.98 Å². The SMILES string of the molecule is CCOC(=O)Cc1csc(NN=Cc2ccc(CC#N)cc2)n1. The van der Waals surface area contributed by atoms with Gasteiger partial charge >= 0.3 is 5.97 Å². The molecule has 0 bridgehead atoms. The number of ether oxygens (including phenoxy) is 1. The molecule has 0 spiro atoms. The molecule has 2 rings (SSSR count). The number of hydrogen-bond donors (Lipinski definition) is 1. The summed E-state index contributed by atoms with van der Waals surface area (Å²) in [4.78, 5) is 15.6. The van der Waals surface area contributed by atoms with E-state index in [2.05, 4.69) is 21.6 Å². The Bertz CT molecular complexity index is 716. The van der Waals surface area contributed by atoms with Crippen molar-refractivity contribution in [3.63, 3.8) is 0 Å². The topological polar surface area (TPSA) is 87.4 Å². The zero-order valence-corrected chi connectivity index (χ0v) is 13.5. The van der Waals surface area contributed by atoms with Crippen LogP contribution in [0.1, 0.15) is 23.7 Å². The number of benzene rings is 1. The predicted molar refractivity (Wildman–Crippen MR) is 89.4 cm³/mol. The first-order valence-electron chi connectivity index (χ1n) is 7.06. The van der Waals surface area contributed by atoms with Gasteiger partial charge in [0.05, 0.1) is 37.4 Å². The molecule has 0 aliphatic carbocycles. The number of nitriles is 1. The quantitative estimate of drug-likeness (QED) is 0.480. The molecule has 2 aromatic rings. The molecule has 23 heavy (non-hydrogen) atoms. The van der Waals surface area contributed by atoms with Crippen LogP contribution in [-0.4, -0.2) is 23.8 Å². The minimum atomic E-state index is -0.287. The van der Waals surface area contributed by atoms with Crippen molar-refractivity contribution >= 4 is 28.7 Å². The van der Waals surface area contributed by atoms with Crippen LogP contribution in [0.5, 0.6) is 0 Å². The average molecular weight is 328 g/mol. The number of hydrogen-bond acceptors (Lipinski definition) is 7. The Morgan fingerprint density at radius 2 is 2.26 bits per heavy atom. The lowest BCUT2D eigenvalue weighted by Crippen LogP contribution is -2.07. The van der Waals surface area contributed by atoms with Gasteiger partial charge in [-0.3, -0.25) is 10.2 Å². The molecule has 0 atom stereocenters. The second kappa shape index (κ2) is 8.66. The number of rotatable bonds is 7. The maximum absolute atomic E-state index is 11.4. The second-order valence-electron chi connectivity index (χ2n) is 4.57. The minimum Gasteiger partial charge on any atom is -0.466 e. The van der Waals surface area contributed by atoms with Crippen molar-refractivity contribution in [2.24, 2.45) is 5.10 Å². The molecule has 0 fully saturated rings. The number of carbonyl (C=O) groups is 1. The molecule has 7 heteroatoms. The Kier molecular flexibility index (Phi) is 6.27. The Balaban J connectivity index is 1.87. The molecule has 0 unspecified atom stereocenters. The highest BCUT2D eigenvalue weighted by atomic mass is 32.1. The number of thiazole rings is 1. The summed E-state index contributed by atoms with van der Waals surface area (Å²) in [5.74, 6) is -0.287. The van der Waals surface area contributed by atoms with Gasteiger partial charge in [0.1, 0.15) is 0 Å². The third-order valence-electron chi connectivity index (χ3n) is 2.82. The molecule has 0 aliphatic heterocycles. The van der Waals surface area contributed by atoms with Crippen LogP contribution < -0.4 is 5.43 Å². The highest BCUT2D eigenvalue weighted by Gasteiger charge is 2.07. The molecule has 1 aromatic carbocycles. The van der Waals surface area contributed by atoms with Gasteiger partial charge in [0.25, 0.3) is 0 Å². The zero-order valence-electron chi connectivity index (χ0n) is 12.7. The lowest BCUT2D eigenvalue weighted by Gasteiger charge is -1.98. The highest BCUT2D eigenvalue weighted by molar-refractivity contribution is 7.13. The molecule has 118 valence electrons. The van der Waals surface area contributed by atoms with E-state index in [0.717, 1.165) is 11.1 Å². The van der Waals surface area contributed by atoms with E-state index in [1.807, 2.05) is 24.3 Å². The summed E-state index contributed by atoms with van der Waals surface area (Å²) in [6.45, 7) is 2.14. The van der Waals surface area contributed by atoms with Crippen LogP contribution in [0.4, 0.5) is 5.13 Å². The maximum Gasteiger partial charge on any atom is 0.311 e. The Morgan fingerprint density at radius 1 is 1.48 bits per heavy atom. The number of nitrogens with one attached hydrogen (secondary N) is 1. The van der Waals surface area contributed by atoms with Crippen LogP contribution in [0.15, 0.2) is 34.7 Å². The standard InChI is InChI=1S/C16H16N4O2S/c1-2-22-15(21)9-14-11-23-16(19-14)20-18-10-13-5-3-12(4-6-13)7-8-17/h3-6,10-11H,2,7,9H2,1H3,(H,19,20). The molecular formula is C16H16N4O2S. The van der Waals surface area contributed by atoms with E-state index >= 15 is 0 Å². The monoisotopic (exact) mass is 328 g/mol. The van der Waals surface area contributed by atoms with Crippen molar-refractivity contribution in [3.05, 3.63) is 46.5 Å². The molecule has 0 radical (unpaired) electrons. The third-order valence-corrected chi connectivity index (χ3v) is 3.62. The van der Waals surface area contributed by atoms with Crippen molar-refractivity contribution in [3.8, 4) is 6.07 Å². The van der Waals surface area contributed by atoms with Crippen LogP contribution in [0.3, 0.4) is 0 Å². The van der Waals surface area contributed by atoms with Gasteiger partial charge in [0, 0.05) is 5.38 Å². The molecular weight excluding hydrogens is 312 g/mol. The minimum absolute atomic E-state index is 0.163. The van der Waals surface area contributed by atoms with Gasteiger partial charge in [-0.15, -0.1) is 11.3 Å². The molecule has 0 aliphatic rings. The molecule has 0 saturated carbocycles. The Labute approximate surface area is 138 Å². The first-order valence-corrected chi connectivity index (χ1v) is 7.94. The van der Waals surface area contributed by atoms with Gasteiger partial charge < -0.3 is 4.74 Å². The van der Waals surface area contributed by atoms with Crippen LogP contribution in [0.25, 0.3) is 0 Å².